The van der Waals surface area contributed by atoms with Gasteiger partial charge in [-0.25, -0.2) is 8.42 Å². The molecule has 0 bridgehead atoms. The van der Waals surface area contributed by atoms with Gasteiger partial charge in [0, 0.05) is 19.5 Å². The first kappa shape index (κ1) is 34.8. The normalized spacial score (nSPS) is 11.8. The van der Waals surface area contributed by atoms with Gasteiger partial charge in [-0.3, -0.25) is 13.9 Å². The zero-order chi connectivity index (χ0) is 33.3. The summed E-state index contributed by atoms with van der Waals surface area (Å²) in [5.41, 5.74) is 2.69. The lowest BCUT2D eigenvalue weighted by Crippen LogP contribution is -2.53. The fraction of sp³-hybridized carbons (Fsp3) is 0.257. The van der Waals surface area contributed by atoms with E-state index in [2.05, 4.69) is 5.32 Å². The van der Waals surface area contributed by atoms with Gasteiger partial charge < -0.3 is 15.0 Å². The van der Waals surface area contributed by atoms with Gasteiger partial charge in [0.2, 0.25) is 11.8 Å². The van der Waals surface area contributed by atoms with Gasteiger partial charge in [-0.15, -0.1) is 0 Å². The number of halogens is 2. The average molecular weight is 683 g/mol. The highest BCUT2D eigenvalue weighted by atomic mass is 35.5. The molecular formula is C35H37Cl2N3O5S. The molecule has 1 N–H and O–H groups in total. The van der Waals surface area contributed by atoms with Crippen molar-refractivity contribution < 1.29 is 22.7 Å². The van der Waals surface area contributed by atoms with Crippen LogP contribution in [0.3, 0.4) is 0 Å². The number of carbonyl (C=O) groups is 2. The van der Waals surface area contributed by atoms with Crippen LogP contribution in [0.4, 0.5) is 5.69 Å². The lowest BCUT2D eigenvalue weighted by molar-refractivity contribution is -0.140. The Morgan fingerprint density at radius 2 is 1.52 bits per heavy atom. The monoisotopic (exact) mass is 681 g/mol. The molecule has 0 spiro atoms. The largest absolute Gasteiger partial charge is 0.494 e. The summed E-state index contributed by atoms with van der Waals surface area (Å²) in [4.78, 5) is 29.5. The number of anilines is 1. The van der Waals surface area contributed by atoms with E-state index in [1.165, 1.54) is 17.0 Å². The number of nitrogens with one attached hydrogen (secondary N) is 1. The molecule has 0 heterocycles. The molecule has 4 aromatic rings. The molecule has 0 aromatic heterocycles. The van der Waals surface area contributed by atoms with Gasteiger partial charge in [-0.05, 0) is 80.4 Å². The van der Waals surface area contributed by atoms with Gasteiger partial charge in [0.15, 0.2) is 0 Å². The zero-order valence-corrected chi connectivity index (χ0v) is 28.3. The second-order valence-corrected chi connectivity index (χ2v) is 13.3. The minimum atomic E-state index is -4.24. The Hall–Kier alpha value is -4.05. The minimum absolute atomic E-state index is 0.00933. The quantitative estimate of drug-likeness (QED) is 0.160. The van der Waals surface area contributed by atoms with E-state index in [9.17, 15) is 18.0 Å². The molecule has 0 aliphatic rings. The summed E-state index contributed by atoms with van der Waals surface area (Å²) in [7, 11) is -4.24. The third-order valence-electron chi connectivity index (χ3n) is 7.28. The Morgan fingerprint density at radius 1 is 0.848 bits per heavy atom. The molecule has 242 valence electrons. The van der Waals surface area contributed by atoms with Crippen molar-refractivity contribution in [2.75, 3.05) is 24.0 Å². The van der Waals surface area contributed by atoms with Crippen LogP contribution in [0, 0.1) is 6.92 Å². The van der Waals surface area contributed by atoms with Crippen LogP contribution >= 0.6 is 23.2 Å². The average Bonchev–Trinajstić information content (AvgIpc) is 3.04. The van der Waals surface area contributed by atoms with Crippen molar-refractivity contribution in [3.8, 4) is 5.75 Å². The Morgan fingerprint density at radius 3 is 2.13 bits per heavy atom. The van der Waals surface area contributed by atoms with Crippen molar-refractivity contribution in [1.82, 2.24) is 10.2 Å². The van der Waals surface area contributed by atoms with Crippen LogP contribution in [-0.4, -0.2) is 50.9 Å². The van der Waals surface area contributed by atoms with E-state index < -0.39 is 28.5 Å². The van der Waals surface area contributed by atoms with Crippen LogP contribution in [0.2, 0.25) is 10.0 Å². The Labute approximate surface area is 280 Å². The van der Waals surface area contributed by atoms with E-state index in [1.807, 2.05) is 44.2 Å². The number of amides is 2. The van der Waals surface area contributed by atoms with Crippen LogP contribution < -0.4 is 14.4 Å². The molecule has 2 amide bonds. The highest BCUT2D eigenvalue weighted by Gasteiger charge is 2.34. The summed E-state index contributed by atoms with van der Waals surface area (Å²) in [6, 6.07) is 26.3. The number of hydrogen-bond donors (Lipinski definition) is 1. The SMILES string of the molecule is CCNC(=O)[C@H](Cc1ccccc1)N(Cc1ccc(Cl)c(Cl)c1)C(=O)CN(c1ccc(C)cc1)S(=O)(=O)c1ccc(OCC)cc1. The predicted molar refractivity (Wildman–Crippen MR) is 183 cm³/mol. The molecule has 4 aromatic carbocycles. The van der Waals surface area contributed by atoms with Crippen LogP contribution in [0.5, 0.6) is 5.75 Å². The molecule has 0 aliphatic heterocycles. The van der Waals surface area contributed by atoms with Gasteiger partial charge in [-0.2, -0.15) is 0 Å². The van der Waals surface area contributed by atoms with Gasteiger partial charge in [0.25, 0.3) is 10.0 Å². The molecule has 46 heavy (non-hydrogen) atoms. The molecule has 0 aliphatic carbocycles. The minimum Gasteiger partial charge on any atom is -0.494 e. The smallest absolute Gasteiger partial charge is 0.264 e. The second kappa shape index (κ2) is 16.0. The summed E-state index contributed by atoms with van der Waals surface area (Å²) in [6.07, 6.45) is 0.204. The fourth-order valence-corrected chi connectivity index (χ4v) is 6.66. The molecule has 0 saturated heterocycles. The zero-order valence-electron chi connectivity index (χ0n) is 26.0. The first-order chi connectivity index (χ1) is 22.0. The first-order valence-corrected chi connectivity index (χ1v) is 17.1. The number of sulfonamides is 1. The van der Waals surface area contributed by atoms with Crippen molar-refractivity contribution in [1.29, 1.82) is 0 Å². The van der Waals surface area contributed by atoms with E-state index in [0.717, 1.165) is 15.4 Å². The number of benzene rings is 4. The highest BCUT2D eigenvalue weighted by molar-refractivity contribution is 7.92. The standard InChI is InChI=1S/C35H37Cl2N3O5S/c1-4-38-35(42)33(22-26-9-7-6-8-10-26)39(23-27-13-20-31(36)32(37)21-27)34(41)24-40(28-14-11-25(3)12-15-28)46(43,44)30-18-16-29(17-19-30)45-5-2/h6-21,33H,4-5,22-24H2,1-3H3,(H,38,42)/t33-/m0/s1. The first-order valence-electron chi connectivity index (χ1n) is 14.9. The topological polar surface area (TPSA) is 96.0 Å². The fourth-order valence-electron chi connectivity index (χ4n) is 4.92. The van der Waals surface area contributed by atoms with Gasteiger partial charge in [-0.1, -0.05) is 77.3 Å². The van der Waals surface area contributed by atoms with E-state index in [-0.39, 0.29) is 23.8 Å². The molecule has 11 heteroatoms. The maximum absolute atomic E-state index is 14.5. The van der Waals surface area contributed by atoms with Crippen molar-refractivity contribution in [3.05, 3.63) is 124 Å². The lowest BCUT2D eigenvalue weighted by atomic mass is 10.0. The van der Waals surface area contributed by atoms with E-state index >= 15 is 0 Å². The molecule has 0 fully saturated rings. The van der Waals surface area contributed by atoms with Crippen LogP contribution in [-0.2, 0) is 32.6 Å². The number of ether oxygens (including phenoxy) is 1. The Bertz CT molecular complexity index is 1730. The second-order valence-electron chi connectivity index (χ2n) is 10.6. The van der Waals surface area contributed by atoms with Crippen LogP contribution in [0.15, 0.2) is 102 Å². The van der Waals surface area contributed by atoms with E-state index in [4.69, 9.17) is 27.9 Å². The van der Waals surface area contributed by atoms with Crippen molar-refractivity contribution >= 4 is 50.7 Å². The summed E-state index contributed by atoms with van der Waals surface area (Å²) in [5, 5.41) is 3.49. The highest BCUT2D eigenvalue weighted by Crippen LogP contribution is 2.28. The summed E-state index contributed by atoms with van der Waals surface area (Å²) < 4.78 is 34.9. The van der Waals surface area contributed by atoms with Crippen molar-refractivity contribution in [2.24, 2.45) is 0 Å². The van der Waals surface area contributed by atoms with Crippen LogP contribution in [0.25, 0.3) is 0 Å². The van der Waals surface area contributed by atoms with E-state index in [1.54, 1.807) is 61.5 Å². The van der Waals surface area contributed by atoms with Crippen molar-refractivity contribution in [3.63, 3.8) is 0 Å². The van der Waals surface area contributed by atoms with Gasteiger partial charge in [0.1, 0.15) is 18.3 Å². The Balaban J connectivity index is 1.79. The molecule has 4 rings (SSSR count). The van der Waals surface area contributed by atoms with Gasteiger partial charge >= 0.3 is 0 Å². The number of hydrogen-bond acceptors (Lipinski definition) is 5. The molecule has 8 nitrogen and oxygen atoms in total. The molecule has 1 atom stereocenters. The molecule has 0 radical (unpaired) electrons. The van der Waals surface area contributed by atoms with E-state index in [0.29, 0.717) is 40.2 Å². The van der Waals surface area contributed by atoms with Crippen LogP contribution in [0.1, 0.15) is 30.5 Å². The predicted octanol–water partition coefficient (Wildman–Crippen LogP) is 6.67. The maximum atomic E-state index is 14.5. The summed E-state index contributed by atoms with van der Waals surface area (Å²) in [5.74, 6) is -0.415. The molecular weight excluding hydrogens is 645 g/mol. The number of likely N-dealkylation sites (N-methyl/N-ethyl adjacent to an activating group) is 1. The number of nitrogens with zero attached hydrogens (tertiary/aromatic N) is 2. The summed E-state index contributed by atoms with van der Waals surface area (Å²) >= 11 is 12.5. The maximum Gasteiger partial charge on any atom is 0.264 e. The number of aryl methyl sites for hydroxylation is 1. The third-order valence-corrected chi connectivity index (χ3v) is 9.81. The lowest BCUT2D eigenvalue weighted by Gasteiger charge is -2.34. The van der Waals surface area contributed by atoms with Gasteiger partial charge in [0.05, 0.1) is 27.2 Å². The summed E-state index contributed by atoms with van der Waals surface area (Å²) in [6.45, 7) is 5.72. The molecule has 0 saturated carbocycles. The number of rotatable bonds is 14. The third kappa shape index (κ3) is 8.81. The number of carbonyl (C=O) groups excluding carboxylic acids is 2. The Kier molecular flexibility index (Phi) is 12.1. The molecule has 0 unspecified atom stereocenters. The van der Waals surface area contributed by atoms with Crippen molar-refractivity contribution in [2.45, 2.75) is 44.7 Å².